The van der Waals surface area contributed by atoms with Gasteiger partial charge in [-0.25, -0.2) is 42.5 Å². The van der Waals surface area contributed by atoms with Crippen molar-refractivity contribution in [3.63, 3.8) is 0 Å². The van der Waals surface area contributed by atoms with E-state index in [1.807, 2.05) is 87.5 Å². The van der Waals surface area contributed by atoms with Crippen LogP contribution in [0.2, 0.25) is 15.1 Å². The number of aliphatic hydroxyl groups is 3. The van der Waals surface area contributed by atoms with Crippen molar-refractivity contribution in [1.29, 1.82) is 0 Å². The van der Waals surface area contributed by atoms with Crippen LogP contribution < -0.4 is 42.0 Å². The molecule has 3 aliphatic heterocycles. The van der Waals surface area contributed by atoms with Crippen molar-refractivity contribution in [2.24, 2.45) is 17.2 Å². The number of anilines is 4. The van der Waals surface area contributed by atoms with Crippen molar-refractivity contribution in [1.82, 2.24) is 59.3 Å². The van der Waals surface area contributed by atoms with Crippen LogP contribution in [0.5, 0.6) is 6.01 Å². The summed E-state index contributed by atoms with van der Waals surface area (Å²) in [6.07, 6.45) is 7.46. The number of carbonyl (C=O) groups excluding carboxylic acids is 6. The third kappa shape index (κ3) is 18.8. The van der Waals surface area contributed by atoms with Gasteiger partial charge in [0.1, 0.15) is 46.4 Å². The first kappa shape index (κ1) is 85.7. The minimum Gasteiger partial charge on any atom is -0.512 e. The van der Waals surface area contributed by atoms with Crippen LogP contribution in [0.15, 0.2) is 127 Å². The van der Waals surface area contributed by atoms with Crippen LogP contribution >= 0.6 is 34.8 Å². The highest BCUT2D eigenvalue weighted by molar-refractivity contribution is 6.33. The predicted molar refractivity (Wildman–Crippen MR) is 454 cm³/mol. The van der Waals surface area contributed by atoms with Gasteiger partial charge in [0.15, 0.2) is 17.5 Å². The number of hydrogen-bond acceptors (Lipinski definition) is 20. The quantitative estimate of drug-likeness (QED) is 0.0419. The summed E-state index contributed by atoms with van der Waals surface area (Å²) >= 11 is 20.3. The topological polar surface area (TPSA) is 369 Å². The van der Waals surface area contributed by atoms with Gasteiger partial charge in [-0.3, -0.25) is 14.4 Å². The Morgan fingerprint density at radius 1 is 0.458 bits per heavy atom. The summed E-state index contributed by atoms with van der Waals surface area (Å²) in [5, 5.41) is 36.3. The number of hydrogen-bond donors (Lipinski definition) is 7. The molecule has 3 saturated heterocycles. The average molecular weight is 1700 g/mol. The summed E-state index contributed by atoms with van der Waals surface area (Å²) < 4.78 is 55.3. The average Bonchev–Trinajstić information content (AvgIpc) is 0.753. The maximum atomic E-state index is 16.6. The second kappa shape index (κ2) is 37.0. The van der Waals surface area contributed by atoms with Crippen LogP contribution in [0.3, 0.4) is 0 Å². The number of allylic oxidation sites excluding steroid dienone is 6. The van der Waals surface area contributed by atoms with Gasteiger partial charge in [-0.1, -0.05) is 108 Å². The monoisotopic (exact) mass is 1700 g/mol. The zero-order chi connectivity index (χ0) is 85.7. The SMILES string of the molecule is CN(C)C(=O)CCCc1nc(N2CCN(C(N)=O)CC2)c2cc(Cl)c([C@H]3C=C(O)Cc4ccccc43)c(F)c2n1.CN(C)C(=O)CCNc1nc(N2CCN(C(N)=O)CC2)c2cc(Cl)c([C@H]3C=C(O)Cc4ccccc43)c(F)c2n1.CN(C)C(=O)CCOc1nc(N2CCN(C(N)=O)CC2)c2cc(Cl)c([C@H]3C=C(O)Cc4ccccc43)c(F)c2n1. The fraction of sp³-hybridized carbons (Fsp3) is 0.365. The fourth-order valence-corrected chi connectivity index (χ4v) is 16.7. The molecule has 0 radical (unpaired) electrons. The number of aryl methyl sites for hydroxylation is 1. The van der Waals surface area contributed by atoms with Gasteiger partial charge in [0, 0.05) is 232 Å². The summed E-state index contributed by atoms with van der Waals surface area (Å²) in [6.45, 7) is 5.17. The summed E-state index contributed by atoms with van der Waals surface area (Å²) in [4.78, 5) is 114. The smallest absolute Gasteiger partial charge is 0.319 e. The van der Waals surface area contributed by atoms with Gasteiger partial charge in [-0.2, -0.15) is 15.0 Å². The Hall–Kier alpha value is -12.2. The molecule has 9 aromatic rings. The number of ether oxygens (including phenoxy) is 1. The molecule has 6 heterocycles. The van der Waals surface area contributed by atoms with Crippen molar-refractivity contribution in [2.75, 3.05) is 154 Å². The third-order valence-electron chi connectivity index (χ3n) is 22.1. The molecule has 3 fully saturated rings. The van der Waals surface area contributed by atoms with Gasteiger partial charge in [0.25, 0.3) is 0 Å². The number of benzene rings is 6. The first-order chi connectivity index (χ1) is 57.4. The number of amides is 9. The largest absolute Gasteiger partial charge is 0.512 e. The number of piperazine rings is 3. The van der Waals surface area contributed by atoms with Crippen LogP contribution in [0.25, 0.3) is 32.7 Å². The number of nitrogens with one attached hydrogen (secondary N) is 1. The van der Waals surface area contributed by atoms with Gasteiger partial charge in [-0.15, -0.1) is 0 Å². The van der Waals surface area contributed by atoms with Gasteiger partial charge in [0.2, 0.25) is 23.7 Å². The number of aliphatic hydroxyl groups excluding tert-OH is 3. The molecule has 0 saturated carbocycles. The summed E-state index contributed by atoms with van der Waals surface area (Å²) in [5.41, 5.74) is 22.5. The molecule has 0 unspecified atom stereocenters. The number of carbonyl (C=O) groups is 6. The second-order valence-corrected chi connectivity index (χ2v) is 31.8. The lowest BCUT2D eigenvalue weighted by atomic mass is 9.82. The molecule has 15 rings (SSSR count). The number of nitrogens with zero attached hydrogens (tertiary/aromatic N) is 15. The molecule has 6 aliphatic rings. The molecule has 35 heteroatoms. The van der Waals surface area contributed by atoms with Gasteiger partial charge in [0.05, 0.1) is 23.7 Å². The lowest BCUT2D eigenvalue weighted by Crippen LogP contribution is -2.50. The molecular weight excluding hydrogens is 1610 g/mol. The van der Waals surface area contributed by atoms with E-state index >= 15 is 13.2 Å². The highest BCUT2D eigenvalue weighted by Crippen LogP contribution is 2.47. The van der Waals surface area contributed by atoms with Gasteiger partial charge >= 0.3 is 24.1 Å². The molecule has 0 bridgehead atoms. The maximum Gasteiger partial charge on any atom is 0.319 e. The van der Waals surface area contributed by atoms with Crippen LogP contribution in [-0.2, 0) is 40.1 Å². The zero-order valence-corrected chi connectivity index (χ0v) is 69.4. The fourth-order valence-electron chi connectivity index (χ4n) is 15.8. The summed E-state index contributed by atoms with van der Waals surface area (Å²) in [7, 11) is 10.1. The first-order valence-corrected chi connectivity index (χ1v) is 40.4. The predicted octanol–water partition coefficient (Wildman–Crippen LogP) is 11.4. The van der Waals surface area contributed by atoms with E-state index in [0.717, 1.165) is 33.4 Å². The Labute approximate surface area is 705 Å². The molecule has 9 amide bonds. The molecule has 10 N–H and O–H groups in total. The lowest BCUT2D eigenvalue weighted by molar-refractivity contribution is -0.129. The number of urea groups is 3. The van der Waals surface area contributed by atoms with E-state index in [9.17, 15) is 44.1 Å². The molecule has 3 aliphatic carbocycles. The normalized spacial score (nSPS) is 16.9. The van der Waals surface area contributed by atoms with Crippen molar-refractivity contribution >= 4 is 127 Å². The maximum absolute atomic E-state index is 16.6. The van der Waals surface area contributed by atoms with E-state index in [2.05, 4.69) is 30.2 Å². The van der Waals surface area contributed by atoms with Crippen LogP contribution in [0, 0.1) is 17.5 Å². The Balaban J connectivity index is 0.000000156. The van der Waals surface area contributed by atoms with Gasteiger partial charge in [-0.05, 0) is 76.2 Å². The minimum absolute atomic E-state index is 0.00604. The molecular formula is C85H93Cl3F3N19O10. The number of halogens is 6. The number of nitrogens with two attached hydrogens (primary N) is 3. The molecule has 3 aromatic heterocycles. The highest BCUT2D eigenvalue weighted by atomic mass is 35.5. The second-order valence-electron chi connectivity index (χ2n) is 30.6. The van der Waals surface area contributed by atoms with Crippen molar-refractivity contribution < 1.29 is 62.0 Å². The highest BCUT2D eigenvalue weighted by Gasteiger charge is 2.36. The number of aromatic nitrogens is 6. The minimum atomic E-state index is -0.651. The Kier molecular flexibility index (Phi) is 26.4. The van der Waals surface area contributed by atoms with E-state index in [1.54, 1.807) is 83.6 Å². The van der Waals surface area contributed by atoms with Crippen molar-refractivity contribution in [3.8, 4) is 6.01 Å². The van der Waals surface area contributed by atoms with Crippen LogP contribution in [0.4, 0.5) is 51.0 Å². The molecule has 3 atom stereocenters. The number of fused-ring (bicyclic) bond motifs is 6. The Bertz CT molecular complexity index is 5050. The third-order valence-corrected chi connectivity index (χ3v) is 23.1. The number of rotatable bonds is 18. The summed E-state index contributed by atoms with van der Waals surface area (Å²) in [5.74, 6) is -1.45. The first-order valence-electron chi connectivity index (χ1n) is 39.3. The molecule has 120 heavy (non-hydrogen) atoms. The summed E-state index contributed by atoms with van der Waals surface area (Å²) in [6, 6.07) is 26.1. The molecule has 630 valence electrons. The molecule has 29 nitrogen and oxygen atoms in total. The van der Waals surface area contributed by atoms with Crippen LogP contribution in [-0.4, -0.2) is 244 Å². The molecule has 0 spiro atoms. The van der Waals surface area contributed by atoms with E-state index < -0.39 is 53.3 Å². The Morgan fingerprint density at radius 3 is 1.18 bits per heavy atom. The van der Waals surface area contributed by atoms with E-state index in [4.69, 9.17) is 61.7 Å². The Morgan fingerprint density at radius 2 is 0.800 bits per heavy atom. The zero-order valence-electron chi connectivity index (χ0n) is 67.1. The van der Waals surface area contributed by atoms with Crippen LogP contribution in [0.1, 0.15) is 99.3 Å². The lowest BCUT2D eigenvalue weighted by Gasteiger charge is -2.35. The van der Waals surface area contributed by atoms with E-state index in [0.29, 0.717) is 156 Å². The van der Waals surface area contributed by atoms with E-state index in [-0.39, 0.29) is 121 Å². The van der Waals surface area contributed by atoms with E-state index in [1.165, 1.54) is 24.5 Å². The van der Waals surface area contributed by atoms with Crippen molar-refractivity contribution in [3.05, 3.63) is 215 Å². The van der Waals surface area contributed by atoms with Gasteiger partial charge < -0.3 is 86.7 Å². The molecule has 6 aromatic carbocycles. The van der Waals surface area contributed by atoms with Crippen molar-refractivity contribution in [2.45, 2.75) is 69.1 Å². The number of primary amides is 3. The standard InChI is InChI=1S/C29H32ClFN6O3.C28H31ClFN7O3.C28H30ClFN6O4/c1-35(2)24(39)9-5-8-23-33-27-21(28(34-23)36-10-12-37(13-11-36)29(32)40)16-22(30)25(26(27)31)20-15-18(38)14-17-6-3-4-7-19(17)20;1-35(2)22(39)7-8-32-28-33-25-20(26(34-28)36-9-11-37(12-10-36)27(31)40)15-21(29)23(24(25)30)19-14-17(38)13-16-5-3-4-6-18(16)19;1-34(2)22(38)7-12-40-28-32-25-20(26(33-28)35-8-10-36(11-9-35)27(31)39)15-21(29)23(24(25)30)19-14-17(37)13-16-5-3-4-6-18(16)19/h3-4,6-7,15-16,20,38H,5,8-14H2,1-2H3,(H2,32,40);3-6,14-15,19,38H,7-13H2,1-2H3,(H2,31,40)(H,32,33,34);3-6,14-15,19,37H,7-13H2,1-2H3,(H2,31,39)/t20-;2*19-/m000/s1.